The van der Waals surface area contributed by atoms with Crippen molar-refractivity contribution in [2.24, 2.45) is 0 Å². The minimum absolute atomic E-state index is 0.606. The van der Waals surface area contributed by atoms with E-state index >= 15 is 0 Å². The van der Waals surface area contributed by atoms with E-state index in [1.807, 2.05) is 13.0 Å². The Morgan fingerprint density at radius 2 is 2.26 bits per heavy atom. The maximum atomic E-state index is 8.95. The van der Waals surface area contributed by atoms with Crippen LogP contribution >= 0.6 is 0 Å². The standard InChI is InChI=1S/C14H12N4O/c1-3-18-12-5-4-10(7-15)6-11(12)17-14(18)13-9(2)16-8-19-13/h4-6,8H,3H2,1-2H3. The van der Waals surface area contributed by atoms with Gasteiger partial charge in [-0.05, 0) is 32.0 Å². The molecular weight excluding hydrogens is 240 g/mol. The molecule has 3 aromatic rings. The molecule has 0 fully saturated rings. The molecule has 0 bridgehead atoms. The number of imidazole rings is 1. The highest BCUT2D eigenvalue weighted by Gasteiger charge is 2.16. The number of hydrogen-bond donors (Lipinski definition) is 0. The first-order valence-electron chi connectivity index (χ1n) is 6.05. The summed E-state index contributed by atoms with van der Waals surface area (Å²) in [5.74, 6) is 1.43. The molecule has 0 spiro atoms. The fraction of sp³-hybridized carbons (Fsp3) is 0.214. The zero-order chi connectivity index (χ0) is 13.4. The van der Waals surface area contributed by atoms with Gasteiger partial charge in [0.05, 0.1) is 28.4 Å². The van der Waals surface area contributed by atoms with Crippen LogP contribution in [0.25, 0.3) is 22.6 Å². The molecule has 3 rings (SSSR count). The van der Waals surface area contributed by atoms with Gasteiger partial charge >= 0.3 is 0 Å². The highest BCUT2D eigenvalue weighted by atomic mass is 16.3. The average molecular weight is 252 g/mol. The van der Waals surface area contributed by atoms with Gasteiger partial charge in [0.25, 0.3) is 0 Å². The number of nitriles is 1. The van der Waals surface area contributed by atoms with Gasteiger partial charge in [0.2, 0.25) is 0 Å². The normalized spacial score (nSPS) is 10.8. The van der Waals surface area contributed by atoms with Gasteiger partial charge in [0.15, 0.2) is 18.0 Å². The summed E-state index contributed by atoms with van der Waals surface area (Å²) >= 11 is 0. The maximum absolute atomic E-state index is 8.95. The monoisotopic (exact) mass is 252 g/mol. The molecule has 0 N–H and O–H groups in total. The third-order valence-corrected chi connectivity index (χ3v) is 3.14. The second kappa shape index (κ2) is 4.25. The Balaban J connectivity index is 2.31. The Morgan fingerprint density at radius 1 is 1.42 bits per heavy atom. The first-order chi connectivity index (χ1) is 9.24. The first kappa shape index (κ1) is 11.5. The second-order valence-electron chi connectivity index (χ2n) is 4.26. The van der Waals surface area contributed by atoms with E-state index in [-0.39, 0.29) is 0 Å². The Kier molecular flexibility index (Phi) is 2.57. The van der Waals surface area contributed by atoms with Crippen LogP contribution < -0.4 is 0 Å². The fourth-order valence-corrected chi connectivity index (χ4v) is 2.21. The topological polar surface area (TPSA) is 67.6 Å². The number of aromatic nitrogens is 3. The Labute approximate surface area is 110 Å². The summed E-state index contributed by atoms with van der Waals surface area (Å²) in [4.78, 5) is 8.67. The maximum Gasteiger partial charge on any atom is 0.192 e. The van der Waals surface area contributed by atoms with Crippen molar-refractivity contribution in [1.29, 1.82) is 5.26 Å². The van der Waals surface area contributed by atoms with Gasteiger partial charge in [-0.15, -0.1) is 0 Å². The van der Waals surface area contributed by atoms with Crippen LogP contribution in [0, 0.1) is 18.3 Å². The molecule has 0 aliphatic carbocycles. The molecule has 0 saturated heterocycles. The Bertz CT molecular complexity index is 791. The van der Waals surface area contributed by atoms with Crippen molar-refractivity contribution in [1.82, 2.24) is 14.5 Å². The fourth-order valence-electron chi connectivity index (χ4n) is 2.21. The molecule has 94 valence electrons. The van der Waals surface area contributed by atoms with Crippen LogP contribution in [0.15, 0.2) is 29.0 Å². The molecular formula is C14H12N4O. The van der Waals surface area contributed by atoms with E-state index in [1.54, 1.807) is 12.1 Å². The van der Waals surface area contributed by atoms with Crippen LogP contribution in [-0.2, 0) is 6.54 Å². The van der Waals surface area contributed by atoms with E-state index in [2.05, 4.69) is 27.5 Å². The Hall–Kier alpha value is -2.61. The van der Waals surface area contributed by atoms with Crippen molar-refractivity contribution in [2.45, 2.75) is 20.4 Å². The van der Waals surface area contributed by atoms with E-state index in [9.17, 15) is 0 Å². The summed E-state index contributed by atoms with van der Waals surface area (Å²) in [5.41, 5.74) is 3.21. The summed E-state index contributed by atoms with van der Waals surface area (Å²) in [6.45, 7) is 4.71. The lowest BCUT2D eigenvalue weighted by molar-refractivity contribution is 0.561. The van der Waals surface area contributed by atoms with Crippen LogP contribution in [0.4, 0.5) is 0 Å². The lowest BCUT2D eigenvalue weighted by Gasteiger charge is -2.03. The molecule has 19 heavy (non-hydrogen) atoms. The first-order valence-corrected chi connectivity index (χ1v) is 6.05. The molecule has 0 saturated carbocycles. The quantitative estimate of drug-likeness (QED) is 0.703. The van der Waals surface area contributed by atoms with E-state index in [0.717, 1.165) is 29.1 Å². The number of fused-ring (bicyclic) bond motifs is 1. The molecule has 0 aliphatic heterocycles. The zero-order valence-electron chi connectivity index (χ0n) is 10.7. The average Bonchev–Trinajstić information content (AvgIpc) is 3.00. The van der Waals surface area contributed by atoms with Gasteiger partial charge in [-0.1, -0.05) is 0 Å². The summed E-state index contributed by atoms with van der Waals surface area (Å²) < 4.78 is 7.48. The van der Waals surface area contributed by atoms with Crippen LogP contribution in [0.1, 0.15) is 18.2 Å². The van der Waals surface area contributed by atoms with Gasteiger partial charge in [0.1, 0.15) is 0 Å². The number of oxazole rings is 1. The van der Waals surface area contributed by atoms with Crippen LogP contribution in [0.2, 0.25) is 0 Å². The lowest BCUT2D eigenvalue weighted by Crippen LogP contribution is -1.97. The number of rotatable bonds is 2. The van der Waals surface area contributed by atoms with Crippen molar-refractivity contribution in [3.63, 3.8) is 0 Å². The summed E-state index contributed by atoms with van der Waals surface area (Å²) in [7, 11) is 0. The Morgan fingerprint density at radius 3 is 2.89 bits per heavy atom. The zero-order valence-corrected chi connectivity index (χ0v) is 10.7. The van der Waals surface area contributed by atoms with E-state index in [4.69, 9.17) is 9.68 Å². The molecule has 1 aromatic carbocycles. The summed E-state index contributed by atoms with van der Waals surface area (Å²) in [5, 5.41) is 8.95. The third kappa shape index (κ3) is 1.69. The molecule has 0 unspecified atom stereocenters. The molecule has 0 radical (unpaired) electrons. The smallest absolute Gasteiger partial charge is 0.192 e. The van der Waals surface area contributed by atoms with Crippen LogP contribution in [0.3, 0.4) is 0 Å². The molecule has 0 amide bonds. The molecule has 5 heteroatoms. The largest absolute Gasteiger partial charge is 0.440 e. The highest BCUT2D eigenvalue weighted by Crippen LogP contribution is 2.27. The second-order valence-corrected chi connectivity index (χ2v) is 4.26. The highest BCUT2D eigenvalue weighted by molar-refractivity contribution is 5.81. The van der Waals surface area contributed by atoms with E-state index in [1.165, 1.54) is 6.39 Å². The minimum Gasteiger partial charge on any atom is -0.440 e. The molecule has 0 atom stereocenters. The predicted molar refractivity (Wildman–Crippen MR) is 70.4 cm³/mol. The number of benzene rings is 1. The lowest BCUT2D eigenvalue weighted by atomic mass is 10.2. The predicted octanol–water partition coefficient (Wildman–Crippen LogP) is 2.89. The van der Waals surface area contributed by atoms with Crippen LogP contribution in [0.5, 0.6) is 0 Å². The van der Waals surface area contributed by atoms with Crippen molar-refractivity contribution in [3.8, 4) is 17.7 Å². The van der Waals surface area contributed by atoms with Crippen molar-refractivity contribution in [2.75, 3.05) is 0 Å². The number of hydrogen-bond acceptors (Lipinski definition) is 4. The molecule has 0 aliphatic rings. The van der Waals surface area contributed by atoms with Gasteiger partial charge in [-0.25, -0.2) is 9.97 Å². The van der Waals surface area contributed by atoms with Gasteiger partial charge in [-0.3, -0.25) is 0 Å². The van der Waals surface area contributed by atoms with Crippen molar-refractivity contribution in [3.05, 3.63) is 35.9 Å². The van der Waals surface area contributed by atoms with Crippen molar-refractivity contribution < 1.29 is 4.42 Å². The van der Waals surface area contributed by atoms with E-state index in [0.29, 0.717) is 11.3 Å². The molecule has 2 heterocycles. The minimum atomic E-state index is 0.606. The van der Waals surface area contributed by atoms with Gasteiger partial charge in [0, 0.05) is 6.54 Å². The summed E-state index contributed by atoms with van der Waals surface area (Å²) in [6.07, 6.45) is 1.42. The molecule has 5 nitrogen and oxygen atoms in total. The van der Waals surface area contributed by atoms with E-state index < -0.39 is 0 Å². The SMILES string of the molecule is CCn1c(-c2ocnc2C)nc2cc(C#N)ccc21. The van der Waals surface area contributed by atoms with Gasteiger partial charge < -0.3 is 8.98 Å². The molecule has 2 aromatic heterocycles. The third-order valence-electron chi connectivity index (χ3n) is 3.14. The number of nitrogens with zero attached hydrogens (tertiary/aromatic N) is 4. The van der Waals surface area contributed by atoms with Crippen molar-refractivity contribution >= 4 is 11.0 Å². The number of aryl methyl sites for hydroxylation is 2. The van der Waals surface area contributed by atoms with Gasteiger partial charge in [-0.2, -0.15) is 5.26 Å². The summed E-state index contributed by atoms with van der Waals surface area (Å²) in [6, 6.07) is 7.63. The van der Waals surface area contributed by atoms with Crippen LogP contribution in [-0.4, -0.2) is 14.5 Å².